The van der Waals surface area contributed by atoms with Crippen LogP contribution >= 0.6 is 0 Å². The summed E-state index contributed by atoms with van der Waals surface area (Å²) in [5, 5.41) is 6.42. The van der Waals surface area contributed by atoms with E-state index in [-0.39, 0.29) is 12.0 Å². The number of aliphatic imine (C=N–C) groups is 1. The van der Waals surface area contributed by atoms with E-state index in [0.717, 1.165) is 36.4 Å². The van der Waals surface area contributed by atoms with Crippen LogP contribution in [0.2, 0.25) is 0 Å². The van der Waals surface area contributed by atoms with Gasteiger partial charge in [-0.3, -0.25) is 4.79 Å². The van der Waals surface area contributed by atoms with E-state index in [1.54, 1.807) is 19.0 Å². The normalized spacial score (nSPS) is 16.9. The summed E-state index contributed by atoms with van der Waals surface area (Å²) in [7, 11) is 3.52. The molecule has 1 aliphatic heterocycles. The van der Waals surface area contributed by atoms with E-state index >= 15 is 0 Å². The maximum Gasteiger partial charge on any atom is 0.223 e. The topological polar surface area (TPSA) is 75.2 Å². The van der Waals surface area contributed by atoms with Crippen LogP contribution in [0.4, 0.5) is 0 Å². The van der Waals surface area contributed by atoms with Gasteiger partial charge in [-0.1, -0.05) is 12.1 Å². The van der Waals surface area contributed by atoms with Crippen molar-refractivity contribution in [1.29, 1.82) is 0 Å². The van der Waals surface area contributed by atoms with Gasteiger partial charge < -0.3 is 25.0 Å². The van der Waals surface area contributed by atoms with Gasteiger partial charge in [-0.25, -0.2) is 4.99 Å². The number of amides is 1. The maximum absolute atomic E-state index is 11.7. The molecule has 1 amide bonds. The molecule has 0 bridgehead atoms. The monoisotopic (exact) mass is 376 g/mol. The van der Waals surface area contributed by atoms with Gasteiger partial charge in [0, 0.05) is 45.6 Å². The third-order valence-corrected chi connectivity index (χ3v) is 4.29. The van der Waals surface area contributed by atoms with E-state index in [4.69, 9.17) is 9.47 Å². The molecule has 1 fully saturated rings. The molecule has 0 aromatic heterocycles. The second-order valence-corrected chi connectivity index (χ2v) is 6.87. The highest BCUT2D eigenvalue weighted by molar-refractivity contribution is 5.81. The van der Waals surface area contributed by atoms with Crippen molar-refractivity contribution in [3.63, 3.8) is 0 Å². The zero-order valence-corrected chi connectivity index (χ0v) is 16.9. The van der Waals surface area contributed by atoms with Crippen LogP contribution in [0, 0.1) is 6.92 Å². The molecule has 1 atom stereocenters. The van der Waals surface area contributed by atoms with Gasteiger partial charge in [0.1, 0.15) is 11.9 Å². The van der Waals surface area contributed by atoms with E-state index in [2.05, 4.69) is 40.7 Å². The summed E-state index contributed by atoms with van der Waals surface area (Å²) in [6.45, 7) is 7.26. The highest BCUT2D eigenvalue weighted by atomic mass is 16.5. The van der Waals surface area contributed by atoms with Crippen LogP contribution < -0.4 is 15.4 Å². The number of carbonyl (C=O) groups is 1. The lowest BCUT2D eigenvalue weighted by Gasteiger charge is -2.16. The number of benzene rings is 1. The van der Waals surface area contributed by atoms with Crippen LogP contribution in [-0.4, -0.2) is 63.3 Å². The molecule has 7 heteroatoms. The minimum absolute atomic E-state index is 0.0892. The summed E-state index contributed by atoms with van der Waals surface area (Å²) in [6, 6.07) is 6.18. The van der Waals surface area contributed by atoms with E-state index < -0.39 is 0 Å². The van der Waals surface area contributed by atoms with Crippen molar-refractivity contribution in [3.05, 3.63) is 29.3 Å². The molecule has 0 spiro atoms. The molecule has 0 radical (unpaired) electrons. The number of carbonyl (C=O) groups excluding carboxylic acids is 1. The lowest BCUT2D eigenvalue weighted by molar-refractivity contribution is -0.128. The van der Waals surface area contributed by atoms with Gasteiger partial charge >= 0.3 is 0 Å². The standard InChI is InChI=1S/C20H32N4O3/c1-5-21-20(22-10-8-19(25)24(3)4)23-13-16-7-6-15(2)12-18(16)27-17-9-11-26-14-17/h6-7,12,17H,5,8-11,13-14H2,1-4H3,(H2,21,22,23). The van der Waals surface area contributed by atoms with Gasteiger partial charge in [0.05, 0.1) is 19.8 Å². The van der Waals surface area contributed by atoms with E-state index in [1.165, 1.54) is 0 Å². The minimum Gasteiger partial charge on any atom is -0.488 e. The fourth-order valence-electron chi connectivity index (χ4n) is 2.70. The van der Waals surface area contributed by atoms with Crippen molar-refractivity contribution in [1.82, 2.24) is 15.5 Å². The molecule has 27 heavy (non-hydrogen) atoms. The first kappa shape index (κ1) is 21.0. The first-order valence-electron chi connectivity index (χ1n) is 9.56. The fraction of sp³-hybridized carbons (Fsp3) is 0.600. The third-order valence-electron chi connectivity index (χ3n) is 4.29. The first-order chi connectivity index (χ1) is 13.0. The Morgan fingerprint density at radius 2 is 2.19 bits per heavy atom. The highest BCUT2D eigenvalue weighted by Crippen LogP contribution is 2.24. The number of guanidine groups is 1. The van der Waals surface area contributed by atoms with Gasteiger partial charge in [-0.2, -0.15) is 0 Å². The number of aryl methyl sites for hydroxylation is 1. The van der Waals surface area contributed by atoms with Crippen LogP contribution in [0.15, 0.2) is 23.2 Å². The van der Waals surface area contributed by atoms with Crippen molar-refractivity contribution in [2.75, 3.05) is 40.4 Å². The molecule has 1 unspecified atom stereocenters. The summed E-state index contributed by atoms with van der Waals surface area (Å²) >= 11 is 0. The summed E-state index contributed by atoms with van der Waals surface area (Å²) in [5.74, 6) is 1.65. The summed E-state index contributed by atoms with van der Waals surface area (Å²) in [6.07, 6.45) is 1.46. The summed E-state index contributed by atoms with van der Waals surface area (Å²) in [5.41, 5.74) is 2.19. The zero-order valence-electron chi connectivity index (χ0n) is 16.9. The van der Waals surface area contributed by atoms with Gasteiger partial charge in [0.2, 0.25) is 5.91 Å². The van der Waals surface area contributed by atoms with Crippen molar-refractivity contribution in [2.24, 2.45) is 4.99 Å². The zero-order chi connectivity index (χ0) is 19.6. The van der Waals surface area contributed by atoms with Gasteiger partial charge in [0.25, 0.3) is 0 Å². The molecule has 0 saturated carbocycles. The molecule has 1 aromatic carbocycles. The first-order valence-corrected chi connectivity index (χ1v) is 9.56. The Hall–Kier alpha value is -2.28. The van der Waals surface area contributed by atoms with Gasteiger partial charge in [-0.05, 0) is 25.5 Å². The SMILES string of the molecule is CCNC(=NCc1ccc(C)cc1OC1CCOC1)NCCC(=O)N(C)C. The Morgan fingerprint density at radius 1 is 1.37 bits per heavy atom. The molecule has 150 valence electrons. The predicted molar refractivity (Wildman–Crippen MR) is 107 cm³/mol. The molecule has 1 aromatic rings. The Bertz CT molecular complexity index is 640. The Morgan fingerprint density at radius 3 is 2.85 bits per heavy atom. The molecule has 7 nitrogen and oxygen atoms in total. The molecule has 2 N–H and O–H groups in total. The van der Waals surface area contributed by atoms with Crippen molar-refractivity contribution < 1.29 is 14.3 Å². The lowest BCUT2D eigenvalue weighted by atomic mass is 10.1. The van der Waals surface area contributed by atoms with Crippen molar-refractivity contribution >= 4 is 11.9 Å². The van der Waals surface area contributed by atoms with Crippen LogP contribution in [0.3, 0.4) is 0 Å². The largest absolute Gasteiger partial charge is 0.488 e. The maximum atomic E-state index is 11.7. The third kappa shape index (κ3) is 7.09. The molecule has 1 heterocycles. The predicted octanol–water partition coefficient (Wildman–Crippen LogP) is 1.70. The minimum atomic E-state index is 0.0892. The number of rotatable bonds is 8. The fourth-order valence-corrected chi connectivity index (χ4v) is 2.70. The number of nitrogens with one attached hydrogen (secondary N) is 2. The van der Waals surface area contributed by atoms with Gasteiger partial charge in [0.15, 0.2) is 5.96 Å². The molecule has 2 rings (SSSR count). The van der Waals surface area contributed by atoms with Crippen molar-refractivity contribution in [3.8, 4) is 5.75 Å². The Balaban J connectivity index is 2.00. The number of hydrogen-bond acceptors (Lipinski definition) is 4. The van der Waals surface area contributed by atoms with Crippen molar-refractivity contribution in [2.45, 2.75) is 39.3 Å². The van der Waals surface area contributed by atoms with Crippen LogP contribution in [0.1, 0.15) is 30.9 Å². The van der Waals surface area contributed by atoms with Crippen LogP contribution in [0.5, 0.6) is 5.75 Å². The highest BCUT2D eigenvalue weighted by Gasteiger charge is 2.18. The quantitative estimate of drug-likeness (QED) is 0.534. The smallest absolute Gasteiger partial charge is 0.223 e. The lowest BCUT2D eigenvalue weighted by Crippen LogP contribution is -2.39. The average molecular weight is 377 g/mol. The molecule has 1 aliphatic rings. The molecule has 1 saturated heterocycles. The van der Waals surface area contributed by atoms with E-state index in [9.17, 15) is 4.79 Å². The molecular formula is C20H32N4O3. The van der Waals surface area contributed by atoms with E-state index in [0.29, 0.717) is 32.1 Å². The number of nitrogens with zero attached hydrogens (tertiary/aromatic N) is 2. The Kier molecular flexibility index (Phi) is 8.39. The second kappa shape index (κ2) is 10.8. The summed E-state index contributed by atoms with van der Waals surface area (Å²) in [4.78, 5) is 17.9. The molecule has 0 aliphatic carbocycles. The number of ether oxygens (including phenoxy) is 2. The van der Waals surface area contributed by atoms with Crippen LogP contribution in [-0.2, 0) is 16.1 Å². The van der Waals surface area contributed by atoms with Crippen LogP contribution in [0.25, 0.3) is 0 Å². The summed E-state index contributed by atoms with van der Waals surface area (Å²) < 4.78 is 11.5. The van der Waals surface area contributed by atoms with Gasteiger partial charge in [-0.15, -0.1) is 0 Å². The molecular weight excluding hydrogens is 344 g/mol. The second-order valence-electron chi connectivity index (χ2n) is 6.87. The average Bonchev–Trinajstić information content (AvgIpc) is 3.13. The van der Waals surface area contributed by atoms with E-state index in [1.807, 2.05) is 6.92 Å². The Labute approximate surface area is 162 Å². The number of hydrogen-bond donors (Lipinski definition) is 2.